The standard InChI is InChI=1S/C23H28FN3O/c1-17-3-4-20(15-22(17)24)18-5-7-19(8-6-18)23(28)27-10-9-21(16-27)26-13-11-25(2)12-14-26/h3-8,15,21H,9-14,16H2,1-2H3/t21-/m0/s1. The maximum absolute atomic E-state index is 13.8. The molecular weight excluding hydrogens is 353 g/mol. The minimum Gasteiger partial charge on any atom is -0.337 e. The highest BCUT2D eigenvalue weighted by Gasteiger charge is 2.31. The lowest BCUT2D eigenvalue weighted by atomic mass is 10.0. The molecule has 0 N–H and O–H groups in total. The van der Waals surface area contributed by atoms with E-state index in [1.807, 2.05) is 35.2 Å². The monoisotopic (exact) mass is 381 g/mol. The molecule has 2 heterocycles. The zero-order chi connectivity index (χ0) is 19.7. The van der Waals surface area contributed by atoms with Crippen molar-refractivity contribution in [1.82, 2.24) is 14.7 Å². The van der Waals surface area contributed by atoms with Gasteiger partial charge >= 0.3 is 0 Å². The smallest absolute Gasteiger partial charge is 0.253 e. The summed E-state index contributed by atoms with van der Waals surface area (Å²) in [7, 11) is 2.16. The van der Waals surface area contributed by atoms with Crippen molar-refractivity contribution in [2.75, 3.05) is 46.3 Å². The first-order chi connectivity index (χ1) is 13.5. The number of carbonyl (C=O) groups is 1. The van der Waals surface area contributed by atoms with E-state index in [9.17, 15) is 9.18 Å². The lowest BCUT2D eigenvalue weighted by Gasteiger charge is -2.36. The van der Waals surface area contributed by atoms with Crippen LogP contribution in [0.4, 0.5) is 4.39 Å². The van der Waals surface area contributed by atoms with Crippen molar-refractivity contribution in [2.45, 2.75) is 19.4 Å². The second kappa shape index (κ2) is 8.02. The van der Waals surface area contributed by atoms with E-state index in [1.54, 1.807) is 19.1 Å². The van der Waals surface area contributed by atoms with E-state index in [4.69, 9.17) is 0 Å². The molecule has 0 spiro atoms. The van der Waals surface area contributed by atoms with Gasteiger partial charge in [0, 0.05) is 50.9 Å². The van der Waals surface area contributed by atoms with Gasteiger partial charge < -0.3 is 9.80 Å². The highest BCUT2D eigenvalue weighted by atomic mass is 19.1. The van der Waals surface area contributed by atoms with Crippen LogP contribution in [0.25, 0.3) is 11.1 Å². The number of halogens is 1. The van der Waals surface area contributed by atoms with Crippen molar-refractivity contribution < 1.29 is 9.18 Å². The summed E-state index contributed by atoms with van der Waals surface area (Å²) in [6.45, 7) is 7.77. The minimum atomic E-state index is -0.204. The number of hydrogen-bond acceptors (Lipinski definition) is 3. The molecular formula is C23H28FN3O. The largest absolute Gasteiger partial charge is 0.337 e. The maximum atomic E-state index is 13.8. The molecule has 2 aromatic carbocycles. The summed E-state index contributed by atoms with van der Waals surface area (Å²) >= 11 is 0. The zero-order valence-electron chi connectivity index (χ0n) is 16.7. The first-order valence-electron chi connectivity index (χ1n) is 10.1. The fraction of sp³-hybridized carbons (Fsp3) is 0.435. The normalized spacial score (nSPS) is 21.2. The van der Waals surface area contributed by atoms with Crippen LogP contribution in [0.5, 0.6) is 0 Å². The predicted octanol–water partition coefficient (Wildman–Crippen LogP) is 3.26. The molecule has 2 aromatic rings. The number of carbonyl (C=O) groups excluding carboxylic acids is 1. The van der Waals surface area contributed by atoms with Crippen LogP contribution in [0.3, 0.4) is 0 Å². The molecule has 0 saturated carbocycles. The molecule has 4 nitrogen and oxygen atoms in total. The molecule has 2 saturated heterocycles. The summed E-state index contributed by atoms with van der Waals surface area (Å²) in [6.07, 6.45) is 1.05. The zero-order valence-corrected chi connectivity index (χ0v) is 16.7. The van der Waals surface area contributed by atoms with E-state index in [0.717, 1.165) is 56.8 Å². The van der Waals surface area contributed by atoms with Gasteiger partial charge in [-0.05, 0) is 55.3 Å². The third-order valence-corrected chi connectivity index (χ3v) is 6.14. The molecule has 2 aliphatic heterocycles. The fourth-order valence-corrected chi connectivity index (χ4v) is 4.17. The number of amides is 1. The van der Waals surface area contributed by atoms with Crippen LogP contribution in [-0.2, 0) is 0 Å². The predicted molar refractivity (Wildman–Crippen MR) is 110 cm³/mol. The molecule has 5 heteroatoms. The Labute approximate surface area is 166 Å². The third-order valence-electron chi connectivity index (χ3n) is 6.14. The van der Waals surface area contributed by atoms with Gasteiger partial charge in [-0.25, -0.2) is 4.39 Å². The summed E-state index contributed by atoms with van der Waals surface area (Å²) in [5.74, 6) is -0.108. The molecule has 0 aliphatic carbocycles. The molecule has 0 unspecified atom stereocenters. The van der Waals surface area contributed by atoms with Crippen molar-refractivity contribution in [3.63, 3.8) is 0 Å². The fourth-order valence-electron chi connectivity index (χ4n) is 4.17. The Kier molecular flexibility index (Phi) is 5.47. The number of likely N-dealkylation sites (N-methyl/N-ethyl adjacent to an activating group) is 1. The third kappa shape index (κ3) is 3.96. The topological polar surface area (TPSA) is 26.8 Å². The van der Waals surface area contributed by atoms with E-state index in [2.05, 4.69) is 16.8 Å². The van der Waals surface area contributed by atoms with Crippen LogP contribution in [0.15, 0.2) is 42.5 Å². The Morgan fingerprint density at radius 3 is 2.32 bits per heavy atom. The molecule has 0 aromatic heterocycles. The number of hydrogen-bond donors (Lipinski definition) is 0. The summed E-state index contributed by atoms with van der Waals surface area (Å²) in [5.41, 5.74) is 3.10. The van der Waals surface area contributed by atoms with Crippen LogP contribution < -0.4 is 0 Å². The van der Waals surface area contributed by atoms with E-state index in [0.29, 0.717) is 17.2 Å². The quantitative estimate of drug-likeness (QED) is 0.817. The van der Waals surface area contributed by atoms with E-state index < -0.39 is 0 Å². The lowest BCUT2D eigenvalue weighted by molar-refractivity contribution is 0.0755. The van der Waals surface area contributed by atoms with Gasteiger partial charge in [-0.15, -0.1) is 0 Å². The van der Waals surface area contributed by atoms with Gasteiger partial charge in [0.2, 0.25) is 0 Å². The molecule has 1 atom stereocenters. The van der Waals surface area contributed by atoms with Gasteiger partial charge in [0.15, 0.2) is 0 Å². The summed E-state index contributed by atoms with van der Waals surface area (Å²) in [5, 5.41) is 0. The highest BCUT2D eigenvalue weighted by Crippen LogP contribution is 2.24. The van der Waals surface area contributed by atoms with Gasteiger partial charge in [0.1, 0.15) is 5.82 Å². The van der Waals surface area contributed by atoms with Crippen molar-refractivity contribution in [2.24, 2.45) is 0 Å². The van der Waals surface area contributed by atoms with Crippen LogP contribution >= 0.6 is 0 Å². The Morgan fingerprint density at radius 2 is 1.64 bits per heavy atom. The first kappa shape index (κ1) is 19.1. The van der Waals surface area contributed by atoms with E-state index in [1.165, 1.54) is 0 Å². The number of likely N-dealkylation sites (tertiary alicyclic amines) is 1. The van der Waals surface area contributed by atoms with Crippen LogP contribution in [0, 0.1) is 12.7 Å². The Morgan fingerprint density at radius 1 is 0.964 bits per heavy atom. The van der Waals surface area contributed by atoms with Crippen molar-refractivity contribution in [3.05, 3.63) is 59.4 Å². The summed E-state index contributed by atoms with van der Waals surface area (Å²) in [6, 6.07) is 13.3. The van der Waals surface area contributed by atoms with Gasteiger partial charge in [0.05, 0.1) is 0 Å². The molecule has 0 radical (unpaired) electrons. The van der Waals surface area contributed by atoms with Crippen molar-refractivity contribution >= 4 is 5.91 Å². The molecule has 2 aliphatic rings. The first-order valence-corrected chi connectivity index (χ1v) is 10.1. The van der Waals surface area contributed by atoms with Gasteiger partial charge in [-0.2, -0.15) is 0 Å². The van der Waals surface area contributed by atoms with Crippen LogP contribution in [0.1, 0.15) is 22.3 Å². The number of nitrogens with zero attached hydrogens (tertiary/aromatic N) is 3. The van der Waals surface area contributed by atoms with Crippen LogP contribution in [0.2, 0.25) is 0 Å². The molecule has 1 amide bonds. The second-order valence-corrected chi connectivity index (χ2v) is 8.07. The molecule has 4 rings (SSSR count). The van der Waals surface area contributed by atoms with E-state index >= 15 is 0 Å². The van der Waals surface area contributed by atoms with Crippen molar-refractivity contribution in [3.8, 4) is 11.1 Å². The Hall–Kier alpha value is -2.24. The SMILES string of the molecule is Cc1ccc(-c2ccc(C(=O)N3CC[C@H](N4CCN(C)CC4)C3)cc2)cc1F. The van der Waals surface area contributed by atoms with Crippen LogP contribution in [-0.4, -0.2) is 73.0 Å². The van der Waals surface area contributed by atoms with Gasteiger partial charge in [0.25, 0.3) is 5.91 Å². The Balaban J connectivity index is 1.40. The number of aryl methyl sites for hydroxylation is 1. The Bertz CT molecular complexity index is 843. The van der Waals surface area contributed by atoms with Gasteiger partial charge in [-0.3, -0.25) is 9.69 Å². The summed E-state index contributed by atoms with van der Waals surface area (Å²) in [4.78, 5) is 19.8. The second-order valence-electron chi connectivity index (χ2n) is 8.07. The molecule has 2 fully saturated rings. The molecule has 148 valence electrons. The lowest BCUT2D eigenvalue weighted by Crippen LogP contribution is -2.50. The minimum absolute atomic E-state index is 0.0956. The number of benzene rings is 2. The average Bonchev–Trinajstić information content (AvgIpc) is 3.20. The molecule has 0 bridgehead atoms. The number of rotatable bonds is 3. The number of piperazine rings is 1. The summed E-state index contributed by atoms with van der Waals surface area (Å²) < 4.78 is 13.8. The van der Waals surface area contributed by atoms with Gasteiger partial charge in [-0.1, -0.05) is 24.3 Å². The molecule has 28 heavy (non-hydrogen) atoms. The average molecular weight is 381 g/mol. The maximum Gasteiger partial charge on any atom is 0.253 e. The van der Waals surface area contributed by atoms with Crippen molar-refractivity contribution in [1.29, 1.82) is 0 Å². The van der Waals surface area contributed by atoms with E-state index in [-0.39, 0.29) is 11.7 Å². The highest BCUT2D eigenvalue weighted by molar-refractivity contribution is 5.95.